The molecule has 70 valence electrons. The molecule has 0 aliphatic carbocycles. The van der Waals surface area contributed by atoms with Crippen molar-refractivity contribution in [2.45, 2.75) is 32.6 Å². The van der Waals surface area contributed by atoms with Crippen LogP contribution in [0.15, 0.2) is 0 Å². The van der Waals surface area contributed by atoms with E-state index in [1.807, 2.05) is 0 Å². The molecule has 0 fully saturated rings. The van der Waals surface area contributed by atoms with Crippen LogP contribution in [0.5, 0.6) is 0 Å². The van der Waals surface area contributed by atoms with E-state index in [2.05, 4.69) is 6.92 Å². The molecule has 0 aromatic heterocycles. The average molecular weight is 173 g/mol. The van der Waals surface area contributed by atoms with Gasteiger partial charge in [0.1, 0.15) is 6.42 Å². The van der Waals surface area contributed by atoms with Gasteiger partial charge in [0, 0.05) is 0 Å². The van der Waals surface area contributed by atoms with Gasteiger partial charge in [0.15, 0.2) is 0 Å². The van der Waals surface area contributed by atoms with Gasteiger partial charge < -0.3 is 10.5 Å². The summed E-state index contributed by atoms with van der Waals surface area (Å²) in [5.41, 5.74) is 4.78. The van der Waals surface area contributed by atoms with E-state index in [0.29, 0.717) is 6.61 Å². The molecule has 4 nitrogen and oxygen atoms in total. The zero-order valence-corrected chi connectivity index (χ0v) is 7.34. The summed E-state index contributed by atoms with van der Waals surface area (Å²) in [5, 5.41) is 0. The van der Waals surface area contributed by atoms with Crippen LogP contribution in [0.1, 0.15) is 32.6 Å². The summed E-state index contributed by atoms with van der Waals surface area (Å²) in [6.07, 6.45) is 2.64. The van der Waals surface area contributed by atoms with Crippen molar-refractivity contribution >= 4 is 11.9 Å². The van der Waals surface area contributed by atoms with Gasteiger partial charge in [-0.3, -0.25) is 9.59 Å². The Morgan fingerprint density at radius 3 is 2.50 bits per heavy atom. The van der Waals surface area contributed by atoms with E-state index in [0.717, 1.165) is 19.3 Å². The Hall–Kier alpha value is -1.06. The summed E-state index contributed by atoms with van der Waals surface area (Å²) in [6.45, 7) is 2.45. The molecule has 0 heterocycles. The fraction of sp³-hybridized carbons (Fsp3) is 0.750. The van der Waals surface area contributed by atoms with Crippen molar-refractivity contribution in [3.63, 3.8) is 0 Å². The molecule has 12 heavy (non-hydrogen) atoms. The quantitative estimate of drug-likeness (QED) is 0.363. The van der Waals surface area contributed by atoms with Crippen LogP contribution < -0.4 is 5.73 Å². The number of amides is 1. The second-order valence-electron chi connectivity index (χ2n) is 2.57. The van der Waals surface area contributed by atoms with Crippen LogP contribution in [-0.2, 0) is 14.3 Å². The van der Waals surface area contributed by atoms with Gasteiger partial charge in [-0.15, -0.1) is 0 Å². The number of hydrogen-bond acceptors (Lipinski definition) is 3. The molecule has 1 amide bonds. The third kappa shape index (κ3) is 7.05. The molecule has 0 saturated carbocycles. The van der Waals surface area contributed by atoms with E-state index in [4.69, 9.17) is 10.5 Å². The van der Waals surface area contributed by atoms with E-state index in [9.17, 15) is 9.59 Å². The predicted octanol–water partition coefficient (Wildman–Crippen LogP) is 0.595. The first-order valence-corrected chi connectivity index (χ1v) is 4.10. The summed E-state index contributed by atoms with van der Waals surface area (Å²) in [5.74, 6) is -1.17. The number of primary amides is 1. The van der Waals surface area contributed by atoms with Gasteiger partial charge in [-0.1, -0.05) is 19.8 Å². The van der Waals surface area contributed by atoms with E-state index < -0.39 is 11.9 Å². The van der Waals surface area contributed by atoms with Crippen molar-refractivity contribution in [2.75, 3.05) is 6.61 Å². The maximum Gasteiger partial charge on any atom is 0.315 e. The number of hydrogen-bond donors (Lipinski definition) is 1. The largest absolute Gasteiger partial charge is 0.465 e. The number of rotatable bonds is 6. The lowest BCUT2D eigenvalue weighted by Gasteiger charge is -2.01. The number of carbonyl (C=O) groups excluding carboxylic acids is 2. The first-order chi connectivity index (χ1) is 5.66. The second-order valence-corrected chi connectivity index (χ2v) is 2.57. The first-order valence-electron chi connectivity index (χ1n) is 4.10. The van der Waals surface area contributed by atoms with Crippen molar-refractivity contribution in [1.82, 2.24) is 0 Å². The maximum atomic E-state index is 10.7. The molecular formula is C8H15NO3. The predicted molar refractivity (Wildman–Crippen MR) is 44.3 cm³/mol. The van der Waals surface area contributed by atoms with Crippen molar-refractivity contribution in [1.29, 1.82) is 0 Å². The molecule has 0 aliphatic heterocycles. The fourth-order valence-electron chi connectivity index (χ4n) is 0.731. The summed E-state index contributed by atoms with van der Waals surface area (Å²) < 4.78 is 4.72. The van der Waals surface area contributed by atoms with Crippen LogP contribution in [0, 0.1) is 0 Å². The Morgan fingerprint density at radius 1 is 1.33 bits per heavy atom. The van der Waals surface area contributed by atoms with Crippen molar-refractivity contribution in [2.24, 2.45) is 5.73 Å². The van der Waals surface area contributed by atoms with Gasteiger partial charge in [0.05, 0.1) is 6.61 Å². The summed E-state index contributed by atoms with van der Waals surface area (Å²) in [7, 11) is 0. The van der Waals surface area contributed by atoms with Crippen LogP contribution in [0.4, 0.5) is 0 Å². The van der Waals surface area contributed by atoms with Gasteiger partial charge in [-0.05, 0) is 6.42 Å². The van der Waals surface area contributed by atoms with Crippen LogP contribution in [-0.4, -0.2) is 18.5 Å². The molecule has 0 rings (SSSR count). The average Bonchev–Trinajstić information content (AvgIpc) is 1.97. The maximum absolute atomic E-state index is 10.7. The molecule has 0 aromatic carbocycles. The summed E-state index contributed by atoms with van der Waals surface area (Å²) in [6, 6.07) is 0. The van der Waals surface area contributed by atoms with Gasteiger partial charge in [-0.2, -0.15) is 0 Å². The molecule has 0 radical (unpaired) electrons. The lowest BCUT2D eigenvalue weighted by Crippen LogP contribution is -2.18. The third-order valence-corrected chi connectivity index (χ3v) is 1.33. The summed E-state index contributed by atoms with van der Waals surface area (Å²) >= 11 is 0. The van der Waals surface area contributed by atoms with E-state index in [-0.39, 0.29) is 6.42 Å². The van der Waals surface area contributed by atoms with E-state index in [1.165, 1.54) is 0 Å². The fourth-order valence-corrected chi connectivity index (χ4v) is 0.731. The zero-order chi connectivity index (χ0) is 9.40. The highest BCUT2D eigenvalue weighted by molar-refractivity contribution is 5.93. The number of nitrogens with two attached hydrogens (primary N) is 1. The monoisotopic (exact) mass is 173 g/mol. The Labute approximate surface area is 72.1 Å². The third-order valence-electron chi connectivity index (χ3n) is 1.33. The van der Waals surface area contributed by atoms with Gasteiger partial charge >= 0.3 is 5.97 Å². The Kier molecular flexibility index (Phi) is 6.05. The van der Waals surface area contributed by atoms with Crippen LogP contribution in [0.25, 0.3) is 0 Å². The highest BCUT2D eigenvalue weighted by Crippen LogP contribution is 1.95. The Balaban J connectivity index is 3.26. The van der Waals surface area contributed by atoms with E-state index >= 15 is 0 Å². The molecule has 0 saturated heterocycles. The van der Waals surface area contributed by atoms with E-state index in [1.54, 1.807) is 0 Å². The van der Waals surface area contributed by atoms with Crippen LogP contribution in [0.2, 0.25) is 0 Å². The summed E-state index contributed by atoms with van der Waals surface area (Å²) in [4.78, 5) is 20.9. The number of ether oxygens (including phenoxy) is 1. The molecule has 0 aliphatic rings. The minimum atomic E-state index is -0.643. The number of esters is 1. The van der Waals surface area contributed by atoms with Gasteiger partial charge in [0.25, 0.3) is 0 Å². The zero-order valence-electron chi connectivity index (χ0n) is 7.34. The standard InChI is InChI=1S/C8H15NO3/c1-2-3-4-5-12-8(11)6-7(9)10/h2-6H2,1H3,(H2,9,10). The number of unbranched alkanes of at least 4 members (excludes halogenated alkanes) is 2. The molecule has 4 heteroatoms. The molecule has 0 unspecified atom stereocenters. The second kappa shape index (κ2) is 6.64. The topological polar surface area (TPSA) is 69.4 Å². The van der Waals surface area contributed by atoms with Crippen LogP contribution >= 0.6 is 0 Å². The Morgan fingerprint density at radius 2 is 2.00 bits per heavy atom. The number of carbonyl (C=O) groups is 2. The van der Waals surface area contributed by atoms with Crippen LogP contribution in [0.3, 0.4) is 0 Å². The van der Waals surface area contributed by atoms with Gasteiger partial charge in [-0.25, -0.2) is 0 Å². The molecule has 0 bridgehead atoms. The van der Waals surface area contributed by atoms with Crippen molar-refractivity contribution < 1.29 is 14.3 Å². The van der Waals surface area contributed by atoms with Crippen molar-refractivity contribution in [3.05, 3.63) is 0 Å². The van der Waals surface area contributed by atoms with Gasteiger partial charge in [0.2, 0.25) is 5.91 Å². The molecule has 0 spiro atoms. The highest BCUT2D eigenvalue weighted by Gasteiger charge is 2.05. The molecule has 0 atom stereocenters. The van der Waals surface area contributed by atoms with Crippen molar-refractivity contribution in [3.8, 4) is 0 Å². The Bertz CT molecular complexity index is 156. The first kappa shape index (κ1) is 10.9. The molecule has 2 N–H and O–H groups in total. The minimum absolute atomic E-state index is 0.313. The smallest absolute Gasteiger partial charge is 0.315 e. The normalized spacial score (nSPS) is 9.42. The molecule has 0 aromatic rings. The lowest BCUT2D eigenvalue weighted by molar-refractivity contribution is -0.145. The highest BCUT2D eigenvalue weighted by atomic mass is 16.5. The lowest BCUT2D eigenvalue weighted by atomic mass is 10.3. The molecular weight excluding hydrogens is 158 g/mol. The SMILES string of the molecule is CCCCCOC(=O)CC(N)=O. The minimum Gasteiger partial charge on any atom is -0.465 e.